The molecule has 6 atom stereocenters. The smallest absolute Gasteiger partial charge is 0.247 e. The lowest BCUT2D eigenvalue weighted by atomic mass is 9.98. The lowest BCUT2D eigenvalue weighted by molar-refractivity contribution is -0.173. The highest BCUT2D eigenvalue weighted by atomic mass is 32.2. The molecule has 3 unspecified atom stereocenters. The molecule has 0 bridgehead atoms. The van der Waals surface area contributed by atoms with Crippen molar-refractivity contribution in [1.82, 2.24) is 5.32 Å². The molecule has 2 heterocycles. The Labute approximate surface area is 211 Å². The van der Waals surface area contributed by atoms with Crippen molar-refractivity contribution in [3.63, 3.8) is 0 Å². The van der Waals surface area contributed by atoms with Gasteiger partial charge in [0.2, 0.25) is 17.7 Å². The Bertz CT molecular complexity index is 1140. The van der Waals surface area contributed by atoms with Crippen molar-refractivity contribution in [2.75, 3.05) is 11.5 Å². The summed E-state index contributed by atoms with van der Waals surface area (Å²) in [7, 11) is 0. The van der Waals surface area contributed by atoms with E-state index in [-0.39, 0.29) is 12.2 Å². The lowest BCUT2D eigenvalue weighted by Gasteiger charge is -2.42. The molecule has 36 heavy (non-hydrogen) atoms. The first-order valence-corrected chi connectivity index (χ1v) is 12.3. The van der Waals surface area contributed by atoms with Crippen LogP contribution in [0.5, 0.6) is 0 Å². The fourth-order valence-electron chi connectivity index (χ4n) is 4.25. The van der Waals surface area contributed by atoms with Gasteiger partial charge in [0.15, 0.2) is 5.78 Å². The van der Waals surface area contributed by atoms with Crippen molar-refractivity contribution in [2.45, 2.75) is 48.4 Å². The maximum atomic E-state index is 13.2. The summed E-state index contributed by atoms with van der Waals surface area (Å²) in [6.07, 6.45) is -4.17. The van der Waals surface area contributed by atoms with E-state index in [2.05, 4.69) is 5.32 Å². The Kier molecular flexibility index (Phi) is 7.86. The molecule has 2 fully saturated rings. The molecule has 2 aromatic carbocycles. The Hall–Kier alpha value is -3.09. The minimum atomic E-state index is -1.45. The van der Waals surface area contributed by atoms with E-state index in [9.17, 15) is 34.5 Å². The van der Waals surface area contributed by atoms with Crippen molar-refractivity contribution >= 4 is 41.0 Å². The standard InChI is InChI=1S/C25H26N2O8S/c1-13(29)26-20-23(33)22(32)17(12-28)35-25(20)36-18-11-19(30)27(24(18)34)16-9-7-15(8-10-16)21(31)14-5-3-2-4-6-14/h2-10,17-18,20,22-23,25,28,32-33H,11-12H2,1H3,(H,26,29)/t17?,18?,20?,22-,23+,25-/m0/s1. The van der Waals surface area contributed by atoms with E-state index >= 15 is 0 Å². The second kappa shape index (κ2) is 10.9. The van der Waals surface area contributed by atoms with Gasteiger partial charge in [-0.05, 0) is 24.3 Å². The number of aliphatic hydroxyl groups excluding tert-OH is 3. The summed E-state index contributed by atoms with van der Waals surface area (Å²) in [5.41, 5.74) is 0.234. The molecule has 2 aromatic rings. The summed E-state index contributed by atoms with van der Waals surface area (Å²) in [6.45, 7) is 0.650. The van der Waals surface area contributed by atoms with Crippen molar-refractivity contribution in [2.24, 2.45) is 0 Å². The summed E-state index contributed by atoms with van der Waals surface area (Å²) in [6, 6.07) is 13.8. The number of ether oxygens (including phenoxy) is 1. The number of nitrogens with zero attached hydrogens (tertiary/aromatic N) is 1. The van der Waals surface area contributed by atoms with Crippen LogP contribution in [0.15, 0.2) is 54.6 Å². The van der Waals surface area contributed by atoms with Gasteiger partial charge in [-0.15, -0.1) is 11.8 Å². The van der Waals surface area contributed by atoms with Gasteiger partial charge in [-0.3, -0.25) is 19.2 Å². The highest BCUT2D eigenvalue weighted by Crippen LogP contribution is 2.37. The van der Waals surface area contributed by atoms with E-state index < -0.39 is 59.4 Å². The molecular weight excluding hydrogens is 488 g/mol. The number of benzene rings is 2. The second-order valence-electron chi connectivity index (χ2n) is 8.57. The van der Waals surface area contributed by atoms with E-state index in [1.807, 2.05) is 6.07 Å². The van der Waals surface area contributed by atoms with Gasteiger partial charge in [0.1, 0.15) is 23.7 Å². The number of hydrogen-bond donors (Lipinski definition) is 4. The fraction of sp³-hybridized carbons (Fsp3) is 0.360. The Morgan fingerprint density at radius 1 is 1.03 bits per heavy atom. The number of thioether (sulfide) groups is 1. The highest BCUT2D eigenvalue weighted by molar-refractivity contribution is 8.01. The van der Waals surface area contributed by atoms with Crippen LogP contribution in [0.25, 0.3) is 0 Å². The summed E-state index contributed by atoms with van der Waals surface area (Å²) in [4.78, 5) is 51.2. The molecule has 0 aromatic heterocycles. The van der Waals surface area contributed by atoms with Gasteiger partial charge < -0.3 is 25.4 Å². The third kappa shape index (κ3) is 5.20. The van der Waals surface area contributed by atoms with Gasteiger partial charge in [-0.25, -0.2) is 4.90 Å². The maximum Gasteiger partial charge on any atom is 0.247 e. The topological polar surface area (TPSA) is 153 Å². The molecule has 10 nitrogen and oxygen atoms in total. The zero-order valence-corrected chi connectivity index (χ0v) is 20.1. The van der Waals surface area contributed by atoms with Crippen LogP contribution in [0.4, 0.5) is 5.69 Å². The van der Waals surface area contributed by atoms with Crippen LogP contribution >= 0.6 is 11.8 Å². The highest BCUT2D eigenvalue weighted by Gasteiger charge is 2.49. The summed E-state index contributed by atoms with van der Waals surface area (Å²) >= 11 is 0.933. The van der Waals surface area contributed by atoms with Gasteiger partial charge in [-0.2, -0.15) is 0 Å². The number of nitrogens with one attached hydrogen (secondary N) is 1. The SMILES string of the molecule is CC(=O)NC1[C@@H](O)[C@@H](O)C(CO)O[C@H]1SC1CC(=O)N(c2ccc(C(=O)c3ccccc3)cc2)C1=O. The molecule has 2 aliphatic rings. The molecule has 11 heteroatoms. The molecule has 0 spiro atoms. The van der Waals surface area contributed by atoms with Crippen LogP contribution in [0.3, 0.4) is 0 Å². The summed E-state index contributed by atoms with van der Waals surface area (Å²) < 4.78 is 5.67. The predicted molar refractivity (Wildman–Crippen MR) is 130 cm³/mol. The summed E-state index contributed by atoms with van der Waals surface area (Å²) in [5.74, 6) is -1.64. The molecule has 2 aliphatic heterocycles. The van der Waals surface area contributed by atoms with Crippen molar-refractivity contribution < 1.29 is 39.2 Å². The normalized spacial score (nSPS) is 28.3. The van der Waals surface area contributed by atoms with Crippen LogP contribution in [-0.2, 0) is 19.1 Å². The number of carbonyl (C=O) groups is 4. The molecule has 0 radical (unpaired) electrons. The molecule has 0 saturated carbocycles. The molecule has 4 N–H and O–H groups in total. The zero-order valence-electron chi connectivity index (χ0n) is 19.3. The molecule has 2 saturated heterocycles. The van der Waals surface area contributed by atoms with Gasteiger partial charge in [-0.1, -0.05) is 30.3 Å². The number of rotatable bonds is 7. The monoisotopic (exact) mass is 514 g/mol. The molecule has 3 amide bonds. The van der Waals surface area contributed by atoms with Crippen molar-refractivity contribution in [1.29, 1.82) is 0 Å². The number of aliphatic hydroxyl groups is 3. The van der Waals surface area contributed by atoms with Crippen LogP contribution in [0, 0.1) is 0 Å². The van der Waals surface area contributed by atoms with Gasteiger partial charge >= 0.3 is 0 Å². The van der Waals surface area contributed by atoms with Crippen LogP contribution < -0.4 is 10.2 Å². The van der Waals surface area contributed by atoms with E-state index in [1.165, 1.54) is 19.1 Å². The summed E-state index contributed by atoms with van der Waals surface area (Å²) in [5, 5.41) is 31.8. The number of hydrogen-bond acceptors (Lipinski definition) is 9. The predicted octanol–water partition coefficient (Wildman–Crippen LogP) is 0.226. The van der Waals surface area contributed by atoms with Gasteiger partial charge in [0, 0.05) is 24.5 Å². The van der Waals surface area contributed by atoms with Crippen molar-refractivity contribution in [3.05, 3.63) is 65.7 Å². The average molecular weight is 515 g/mol. The molecule has 190 valence electrons. The number of amides is 3. The van der Waals surface area contributed by atoms with E-state index in [4.69, 9.17) is 4.74 Å². The minimum Gasteiger partial charge on any atom is -0.394 e. The third-order valence-electron chi connectivity index (χ3n) is 6.08. The Balaban J connectivity index is 1.50. The molecular formula is C25H26N2O8S. The first kappa shape index (κ1) is 26.0. The largest absolute Gasteiger partial charge is 0.394 e. The quantitative estimate of drug-likeness (QED) is 0.300. The molecule has 0 aliphatic carbocycles. The van der Waals surface area contributed by atoms with E-state index in [0.717, 1.165) is 16.7 Å². The number of imide groups is 1. The van der Waals surface area contributed by atoms with E-state index in [0.29, 0.717) is 16.8 Å². The Morgan fingerprint density at radius 2 is 1.67 bits per heavy atom. The third-order valence-corrected chi connectivity index (χ3v) is 7.45. The molecule has 4 rings (SSSR count). The van der Waals surface area contributed by atoms with Gasteiger partial charge in [0.05, 0.1) is 23.6 Å². The average Bonchev–Trinajstić information content (AvgIpc) is 3.15. The number of ketones is 1. The van der Waals surface area contributed by atoms with E-state index in [1.54, 1.807) is 36.4 Å². The number of anilines is 1. The van der Waals surface area contributed by atoms with Crippen molar-refractivity contribution in [3.8, 4) is 0 Å². The van der Waals surface area contributed by atoms with Crippen LogP contribution in [0.2, 0.25) is 0 Å². The van der Waals surface area contributed by atoms with Gasteiger partial charge in [0.25, 0.3) is 0 Å². The number of carbonyl (C=O) groups excluding carboxylic acids is 4. The Morgan fingerprint density at radius 3 is 2.28 bits per heavy atom. The van der Waals surface area contributed by atoms with Crippen LogP contribution in [0.1, 0.15) is 29.3 Å². The first-order chi connectivity index (χ1) is 17.2. The zero-order chi connectivity index (χ0) is 26.0. The first-order valence-electron chi connectivity index (χ1n) is 11.3. The second-order valence-corrected chi connectivity index (χ2v) is 9.88. The van der Waals surface area contributed by atoms with Crippen LogP contribution in [-0.4, -0.2) is 80.5 Å². The maximum absolute atomic E-state index is 13.2. The minimum absolute atomic E-state index is 0.150. The lowest BCUT2D eigenvalue weighted by Crippen LogP contribution is -2.63. The fourth-order valence-corrected chi connectivity index (χ4v) is 5.64.